The summed E-state index contributed by atoms with van der Waals surface area (Å²) in [4.78, 5) is 7.31. The summed E-state index contributed by atoms with van der Waals surface area (Å²) < 4.78 is 10.8. The smallest absolute Gasteiger partial charge is 0.231 e. The molecule has 0 aromatic heterocycles. The molecule has 1 aromatic carbocycles. The Kier molecular flexibility index (Phi) is 7.00. The molecule has 6 nitrogen and oxygen atoms in total. The van der Waals surface area contributed by atoms with Gasteiger partial charge in [0.2, 0.25) is 6.79 Å². The van der Waals surface area contributed by atoms with Gasteiger partial charge in [0.1, 0.15) is 0 Å². The largest absolute Gasteiger partial charge is 0.454 e. The third kappa shape index (κ3) is 5.27. The summed E-state index contributed by atoms with van der Waals surface area (Å²) in [7, 11) is 0. The highest BCUT2D eigenvalue weighted by Crippen LogP contribution is 2.32. The predicted molar refractivity (Wildman–Crippen MR) is 105 cm³/mol. The Balaban J connectivity index is 1.44. The molecule has 0 bridgehead atoms. The predicted octanol–water partition coefficient (Wildman–Crippen LogP) is 2.73. The number of likely N-dealkylation sites (tertiary alicyclic amines) is 1. The Morgan fingerprint density at radius 3 is 2.96 bits per heavy atom. The molecule has 3 rings (SSSR count). The van der Waals surface area contributed by atoms with Crippen molar-refractivity contribution in [3.63, 3.8) is 0 Å². The Morgan fingerprint density at radius 1 is 1.23 bits per heavy atom. The van der Waals surface area contributed by atoms with E-state index < -0.39 is 0 Å². The maximum absolute atomic E-state index is 5.43. The van der Waals surface area contributed by atoms with Crippen molar-refractivity contribution in [2.45, 2.75) is 52.1 Å². The molecule has 0 amide bonds. The molecule has 1 aromatic rings. The summed E-state index contributed by atoms with van der Waals surface area (Å²) in [6, 6.07) is 6.73. The van der Waals surface area contributed by atoms with E-state index in [1.165, 1.54) is 25.8 Å². The van der Waals surface area contributed by atoms with Gasteiger partial charge in [-0.1, -0.05) is 12.5 Å². The maximum Gasteiger partial charge on any atom is 0.231 e. The van der Waals surface area contributed by atoms with E-state index in [1.807, 2.05) is 18.2 Å². The van der Waals surface area contributed by atoms with E-state index in [-0.39, 0.29) is 0 Å². The zero-order valence-electron chi connectivity index (χ0n) is 16.1. The van der Waals surface area contributed by atoms with E-state index in [0.29, 0.717) is 13.3 Å². The SMILES string of the molecule is CCNC(=NCc1ccc2c(c1)OCO2)NCCCN1CCCCC1C. The van der Waals surface area contributed by atoms with E-state index in [4.69, 9.17) is 14.5 Å². The van der Waals surface area contributed by atoms with Gasteiger partial charge in [-0.2, -0.15) is 0 Å². The zero-order valence-corrected chi connectivity index (χ0v) is 16.1. The monoisotopic (exact) mass is 360 g/mol. The van der Waals surface area contributed by atoms with Gasteiger partial charge in [-0.15, -0.1) is 0 Å². The molecular weight excluding hydrogens is 328 g/mol. The van der Waals surface area contributed by atoms with Crippen molar-refractivity contribution >= 4 is 5.96 Å². The molecule has 0 aliphatic carbocycles. The lowest BCUT2D eigenvalue weighted by Crippen LogP contribution is -2.41. The van der Waals surface area contributed by atoms with Crippen molar-refractivity contribution in [3.05, 3.63) is 23.8 Å². The van der Waals surface area contributed by atoms with Crippen molar-refractivity contribution in [1.82, 2.24) is 15.5 Å². The van der Waals surface area contributed by atoms with Crippen LogP contribution in [0.5, 0.6) is 11.5 Å². The summed E-state index contributed by atoms with van der Waals surface area (Å²) in [5.41, 5.74) is 1.12. The van der Waals surface area contributed by atoms with E-state index in [2.05, 4.69) is 29.4 Å². The number of hydrogen-bond acceptors (Lipinski definition) is 4. The van der Waals surface area contributed by atoms with Gasteiger partial charge < -0.3 is 25.0 Å². The molecule has 0 spiro atoms. The number of aliphatic imine (C=N–C) groups is 1. The van der Waals surface area contributed by atoms with E-state index in [0.717, 1.165) is 55.1 Å². The summed E-state index contributed by atoms with van der Waals surface area (Å²) in [5, 5.41) is 6.78. The lowest BCUT2D eigenvalue weighted by molar-refractivity contribution is 0.159. The molecule has 0 saturated carbocycles. The van der Waals surface area contributed by atoms with Crippen LogP contribution in [0.4, 0.5) is 0 Å². The van der Waals surface area contributed by atoms with Gasteiger partial charge in [0.25, 0.3) is 0 Å². The second kappa shape index (κ2) is 9.67. The third-order valence-corrected chi connectivity index (χ3v) is 5.06. The van der Waals surface area contributed by atoms with Crippen LogP contribution in [0.2, 0.25) is 0 Å². The number of nitrogens with one attached hydrogen (secondary N) is 2. The summed E-state index contributed by atoms with van der Waals surface area (Å²) in [6.45, 7) is 9.58. The molecule has 2 heterocycles. The van der Waals surface area contributed by atoms with Crippen LogP contribution in [0.1, 0.15) is 45.1 Å². The van der Waals surface area contributed by atoms with Crippen LogP contribution in [0, 0.1) is 0 Å². The molecule has 1 atom stereocenters. The summed E-state index contributed by atoms with van der Waals surface area (Å²) in [5.74, 6) is 2.50. The molecule has 6 heteroatoms. The molecule has 144 valence electrons. The Hall–Kier alpha value is -1.95. The number of benzene rings is 1. The number of fused-ring (bicyclic) bond motifs is 1. The zero-order chi connectivity index (χ0) is 18.2. The normalized spacial score (nSPS) is 20.2. The fourth-order valence-electron chi connectivity index (χ4n) is 3.53. The van der Waals surface area contributed by atoms with Crippen LogP contribution in [0.3, 0.4) is 0 Å². The quantitative estimate of drug-likeness (QED) is 0.445. The highest BCUT2D eigenvalue weighted by Gasteiger charge is 2.17. The van der Waals surface area contributed by atoms with Gasteiger partial charge >= 0.3 is 0 Å². The number of hydrogen-bond donors (Lipinski definition) is 2. The topological polar surface area (TPSA) is 58.1 Å². The fourth-order valence-corrected chi connectivity index (χ4v) is 3.53. The van der Waals surface area contributed by atoms with Crippen molar-refractivity contribution in [2.75, 3.05) is 33.0 Å². The van der Waals surface area contributed by atoms with Crippen LogP contribution >= 0.6 is 0 Å². The average Bonchev–Trinajstić information content (AvgIpc) is 3.12. The fraction of sp³-hybridized carbons (Fsp3) is 0.650. The van der Waals surface area contributed by atoms with E-state index in [1.54, 1.807) is 0 Å². The molecule has 2 aliphatic heterocycles. The van der Waals surface area contributed by atoms with Crippen LogP contribution in [0.25, 0.3) is 0 Å². The number of guanidine groups is 1. The first kappa shape index (κ1) is 18.8. The minimum Gasteiger partial charge on any atom is -0.454 e. The number of ether oxygens (including phenoxy) is 2. The van der Waals surface area contributed by atoms with Crippen LogP contribution in [-0.2, 0) is 6.54 Å². The van der Waals surface area contributed by atoms with Gasteiger partial charge in [-0.3, -0.25) is 0 Å². The molecular formula is C20H32N4O2. The van der Waals surface area contributed by atoms with Gasteiger partial charge in [0, 0.05) is 25.7 Å². The second-order valence-electron chi connectivity index (χ2n) is 7.04. The van der Waals surface area contributed by atoms with Crippen LogP contribution < -0.4 is 20.1 Å². The number of rotatable bonds is 7. The molecule has 1 unspecified atom stereocenters. The molecule has 0 radical (unpaired) electrons. The lowest BCUT2D eigenvalue weighted by atomic mass is 10.0. The van der Waals surface area contributed by atoms with Crippen molar-refractivity contribution in [3.8, 4) is 11.5 Å². The first-order valence-corrected chi connectivity index (χ1v) is 9.91. The lowest BCUT2D eigenvalue weighted by Gasteiger charge is -2.33. The molecule has 26 heavy (non-hydrogen) atoms. The summed E-state index contributed by atoms with van der Waals surface area (Å²) >= 11 is 0. The first-order chi connectivity index (χ1) is 12.8. The molecule has 2 N–H and O–H groups in total. The Labute approximate surface area is 157 Å². The second-order valence-corrected chi connectivity index (χ2v) is 7.04. The average molecular weight is 361 g/mol. The third-order valence-electron chi connectivity index (χ3n) is 5.06. The maximum atomic E-state index is 5.43. The van der Waals surface area contributed by atoms with Crippen molar-refractivity contribution in [1.29, 1.82) is 0 Å². The molecule has 1 saturated heterocycles. The van der Waals surface area contributed by atoms with Gasteiger partial charge in [-0.25, -0.2) is 4.99 Å². The number of piperidine rings is 1. The Morgan fingerprint density at radius 2 is 2.12 bits per heavy atom. The van der Waals surface area contributed by atoms with E-state index >= 15 is 0 Å². The highest BCUT2D eigenvalue weighted by atomic mass is 16.7. The van der Waals surface area contributed by atoms with E-state index in [9.17, 15) is 0 Å². The minimum absolute atomic E-state index is 0.307. The minimum atomic E-state index is 0.307. The molecule has 2 aliphatic rings. The highest BCUT2D eigenvalue weighted by molar-refractivity contribution is 5.79. The van der Waals surface area contributed by atoms with Gasteiger partial charge in [-0.05, 0) is 57.4 Å². The van der Waals surface area contributed by atoms with Crippen LogP contribution in [-0.4, -0.2) is 49.9 Å². The molecule has 1 fully saturated rings. The van der Waals surface area contributed by atoms with Crippen molar-refractivity contribution < 1.29 is 9.47 Å². The Bertz CT molecular complexity index is 605. The van der Waals surface area contributed by atoms with Crippen LogP contribution in [0.15, 0.2) is 23.2 Å². The standard InChI is InChI=1S/C20H32N4O2/c1-3-21-20(22-10-6-12-24-11-5-4-7-16(24)2)23-14-17-8-9-18-19(13-17)26-15-25-18/h8-9,13,16H,3-7,10-12,14-15H2,1-2H3,(H2,21,22,23). The van der Waals surface area contributed by atoms with Gasteiger partial charge in [0.15, 0.2) is 17.5 Å². The van der Waals surface area contributed by atoms with Gasteiger partial charge in [0.05, 0.1) is 6.54 Å². The first-order valence-electron chi connectivity index (χ1n) is 9.91. The number of nitrogens with zero attached hydrogens (tertiary/aromatic N) is 2. The van der Waals surface area contributed by atoms with Crippen molar-refractivity contribution in [2.24, 2.45) is 4.99 Å². The summed E-state index contributed by atoms with van der Waals surface area (Å²) in [6.07, 6.45) is 5.20.